The normalized spacial score (nSPS) is 22.1. The summed E-state index contributed by atoms with van der Waals surface area (Å²) in [6.07, 6.45) is 4.83. The van der Waals surface area contributed by atoms with Crippen molar-refractivity contribution in [2.24, 2.45) is 0 Å². The Balaban J connectivity index is 2.29. The number of aliphatic hydroxyl groups excluding tert-OH is 1. The Morgan fingerprint density at radius 3 is 2.74 bits per heavy atom. The van der Waals surface area contributed by atoms with Gasteiger partial charge < -0.3 is 15.2 Å². The van der Waals surface area contributed by atoms with Gasteiger partial charge in [-0.1, -0.05) is 13.3 Å². The fourth-order valence-electron chi connectivity index (χ4n) is 2.62. The predicted molar refractivity (Wildman–Crippen MR) is 79.5 cm³/mol. The van der Waals surface area contributed by atoms with E-state index in [2.05, 4.69) is 17.1 Å². The molecule has 1 aliphatic rings. The minimum Gasteiger partial charge on any atom is -0.389 e. The molecule has 0 amide bonds. The van der Waals surface area contributed by atoms with Crippen LogP contribution in [-0.4, -0.2) is 61.0 Å². The van der Waals surface area contributed by atoms with Crippen LogP contribution < -0.4 is 5.32 Å². The second kappa shape index (κ2) is 9.70. The van der Waals surface area contributed by atoms with Gasteiger partial charge in [0, 0.05) is 19.1 Å². The first-order valence-corrected chi connectivity index (χ1v) is 7.87. The van der Waals surface area contributed by atoms with Gasteiger partial charge in [-0.3, -0.25) is 4.90 Å². The van der Waals surface area contributed by atoms with Gasteiger partial charge in [0.15, 0.2) is 0 Å². The Morgan fingerprint density at radius 1 is 1.37 bits per heavy atom. The zero-order chi connectivity index (χ0) is 14.1. The smallest absolute Gasteiger partial charge is 0.0900 e. The lowest BCUT2D eigenvalue weighted by molar-refractivity contribution is -0.00975. The molecule has 1 fully saturated rings. The highest BCUT2D eigenvalue weighted by atomic mass is 16.5. The van der Waals surface area contributed by atoms with Crippen LogP contribution in [0.25, 0.3) is 0 Å². The first-order chi connectivity index (χ1) is 9.11. The van der Waals surface area contributed by atoms with Gasteiger partial charge in [-0.15, -0.1) is 0 Å². The minimum atomic E-state index is -0.377. The molecule has 2 atom stereocenters. The number of nitrogens with one attached hydrogen (secondary N) is 1. The summed E-state index contributed by atoms with van der Waals surface area (Å²) in [5, 5.41) is 13.6. The van der Waals surface area contributed by atoms with E-state index in [-0.39, 0.29) is 12.2 Å². The monoisotopic (exact) mass is 272 g/mol. The molecule has 0 aromatic rings. The Bertz CT molecular complexity index is 218. The molecule has 19 heavy (non-hydrogen) atoms. The van der Waals surface area contributed by atoms with Gasteiger partial charge in [0.2, 0.25) is 0 Å². The van der Waals surface area contributed by atoms with Crippen molar-refractivity contribution in [3.8, 4) is 0 Å². The second-order valence-electron chi connectivity index (χ2n) is 5.94. The summed E-state index contributed by atoms with van der Waals surface area (Å²) in [5.41, 5.74) is 0. The Morgan fingerprint density at radius 2 is 2.16 bits per heavy atom. The van der Waals surface area contributed by atoms with Crippen LogP contribution in [0.15, 0.2) is 0 Å². The van der Waals surface area contributed by atoms with Crippen molar-refractivity contribution in [2.75, 3.05) is 32.8 Å². The van der Waals surface area contributed by atoms with Crippen LogP contribution in [0, 0.1) is 0 Å². The summed E-state index contributed by atoms with van der Waals surface area (Å²) in [6.45, 7) is 10.6. The third-order valence-electron chi connectivity index (χ3n) is 3.52. The standard InChI is InChI=1S/C15H32N2O2/c1-4-9-17(10-14-7-5-6-8-16-14)11-15(18)12-19-13(2)3/h13-16,18H,4-12H2,1-3H3. The molecule has 0 radical (unpaired) electrons. The van der Waals surface area contributed by atoms with Crippen molar-refractivity contribution in [1.29, 1.82) is 0 Å². The average Bonchev–Trinajstić information content (AvgIpc) is 2.38. The van der Waals surface area contributed by atoms with Crippen LogP contribution in [-0.2, 0) is 4.74 Å². The number of nitrogens with zero attached hydrogens (tertiary/aromatic N) is 1. The van der Waals surface area contributed by atoms with Crippen molar-refractivity contribution in [1.82, 2.24) is 10.2 Å². The van der Waals surface area contributed by atoms with E-state index in [1.807, 2.05) is 13.8 Å². The molecule has 2 N–H and O–H groups in total. The van der Waals surface area contributed by atoms with E-state index in [0.717, 1.165) is 32.6 Å². The highest BCUT2D eigenvalue weighted by molar-refractivity contribution is 4.77. The summed E-state index contributed by atoms with van der Waals surface area (Å²) in [6, 6.07) is 0.596. The molecule has 1 aliphatic heterocycles. The van der Waals surface area contributed by atoms with Gasteiger partial charge in [0.25, 0.3) is 0 Å². The van der Waals surface area contributed by atoms with Crippen LogP contribution in [0.4, 0.5) is 0 Å². The fourth-order valence-corrected chi connectivity index (χ4v) is 2.62. The third-order valence-corrected chi connectivity index (χ3v) is 3.52. The van der Waals surface area contributed by atoms with Crippen molar-refractivity contribution in [3.63, 3.8) is 0 Å². The number of aliphatic hydroxyl groups is 1. The van der Waals surface area contributed by atoms with Crippen molar-refractivity contribution in [2.45, 2.75) is 64.7 Å². The van der Waals surface area contributed by atoms with E-state index in [4.69, 9.17) is 4.74 Å². The molecular formula is C15H32N2O2. The molecule has 4 heteroatoms. The lowest BCUT2D eigenvalue weighted by Gasteiger charge is -2.31. The van der Waals surface area contributed by atoms with Gasteiger partial charge in [-0.05, 0) is 46.2 Å². The minimum absolute atomic E-state index is 0.189. The molecule has 1 rings (SSSR count). The molecule has 0 aromatic heterocycles. The first kappa shape index (κ1) is 16.9. The number of ether oxygens (including phenoxy) is 1. The predicted octanol–water partition coefficient (Wildman–Crippen LogP) is 1.63. The average molecular weight is 272 g/mol. The maximum atomic E-state index is 10.0. The summed E-state index contributed by atoms with van der Waals surface area (Å²) < 4.78 is 5.48. The van der Waals surface area contributed by atoms with E-state index in [1.54, 1.807) is 0 Å². The lowest BCUT2D eigenvalue weighted by Crippen LogP contribution is -2.46. The van der Waals surface area contributed by atoms with Gasteiger partial charge in [0.1, 0.15) is 0 Å². The first-order valence-electron chi connectivity index (χ1n) is 7.87. The Kier molecular flexibility index (Phi) is 8.62. The molecule has 0 aromatic carbocycles. The fraction of sp³-hybridized carbons (Fsp3) is 1.00. The van der Waals surface area contributed by atoms with Gasteiger partial charge in [-0.25, -0.2) is 0 Å². The Labute approximate surface area is 118 Å². The van der Waals surface area contributed by atoms with Crippen LogP contribution in [0.5, 0.6) is 0 Å². The maximum absolute atomic E-state index is 10.0. The molecule has 0 bridgehead atoms. The van der Waals surface area contributed by atoms with E-state index >= 15 is 0 Å². The summed E-state index contributed by atoms with van der Waals surface area (Å²) >= 11 is 0. The zero-order valence-electron chi connectivity index (χ0n) is 12.9. The largest absolute Gasteiger partial charge is 0.389 e. The quantitative estimate of drug-likeness (QED) is 0.669. The van der Waals surface area contributed by atoms with Crippen molar-refractivity contribution >= 4 is 0 Å². The van der Waals surface area contributed by atoms with Crippen molar-refractivity contribution in [3.05, 3.63) is 0 Å². The number of hydrogen-bond donors (Lipinski definition) is 2. The summed E-state index contributed by atoms with van der Waals surface area (Å²) in [7, 11) is 0. The Hall–Kier alpha value is -0.160. The molecule has 1 heterocycles. The summed E-state index contributed by atoms with van der Waals surface area (Å²) in [4.78, 5) is 2.37. The van der Waals surface area contributed by atoms with Crippen LogP contribution in [0.1, 0.15) is 46.5 Å². The van der Waals surface area contributed by atoms with Crippen LogP contribution in [0.2, 0.25) is 0 Å². The number of piperidine rings is 1. The van der Waals surface area contributed by atoms with E-state index < -0.39 is 0 Å². The van der Waals surface area contributed by atoms with E-state index in [9.17, 15) is 5.11 Å². The topological polar surface area (TPSA) is 44.7 Å². The molecule has 0 aliphatic carbocycles. The van der Waals surface area contributed by atoms with Crippen LogP contribution in [0.3, 0.4) is 0 Å². The highest BCUT2D eigenvalue weighted by Crippen LogP contribution is 2.09. The van der Waals surface area contributed by atoms with Gasteiger partial charge in [0.05, 0.1) is 18.8 Å². The molecule has 2 unspecified atom stereocenters. The summed E-state index contributed by atoms with van der Waals surface area (Å²) in [5.74, 6) is 0. The zero-order valence-corrected chi connectivity index (χ0v) is 12.9. The van der Waals surface area contributed by atoms with Crippen molar-refractivity contribution < 1.29 is 9.84 Å². The van der Waals surface area contributed by atoms with E-state index in [1.165, 1.54) is 19.3 Å². The molecule has 114 valence electrons. The molecular weight excluding hydrogens is 240 g/mol. The third kappa shape index (κ3) is 7.88. The SMILES string of the molecule is CCCN(CC(O)COC(C)C)CC1CCCCN1. The lowest BCUT2D eigenvalue weighted by atomic mass is 10.0. The van der Waals surface area contributed by atoms with Gasteiger partial charge >= 0.3 is 0 Å². The molecule has 0 saturated carbocycles. The second-order valence-corrected chi connectivity index (χ2v) is 5.94. The maximum Gasteiger partial charge on any atom is 0.0900 e. The number of hydrogen-bond acceptors (Lipinski definition) is 4. The molecule has 0 spiro atoms. The van der Waals surface area contributed by atoms with E-state index in [0.29, 0.717) is 12.6 Å². The molecule has 4 nitrogen and oxygen atoms in total. The van der Waals surface area contributed by atoms with Crippen LogP contribution >= 0.6 is 0 Å². The highest BCUT2D eigenvalue weighted by Gasteiger charge is 2.18. The number of rotatable bonds is 9. The molecule has 1 saturated heterocycles. The van der Waals surface area contributed by atoms with Gasteiger partial charge in [-0.2, -0.15) is 0 Å².